The van der Waals surface area contributed by atoms with Gasteiger partial charge in [0, 0.05) is 5.92 Å². The third kappa shape index (κ3) is 8.17. The molecule has 1 atom stereocenters. The molecule has 5 rings (SSSR count). The van der Waals surface area contributed by atoms with Crippen molar-refractivity contribution in [1.82, 2.24) is 5.32 Å². The molecule has 0 spiro atoms. The van der Waals surface area contributed by atoms with Gasteiger partial charge in [0.25, 0.3) is 0 Å². The molecule has 4 aromatic rings. The predicted molar refractivity (Wildman–Crippen MR) is 170 cm³/mol. The first-order valence-corrected chi connectivity index (χ1v) is 14.7. The van der Waals surface area contributed by atoms with Crippen molar-refractivity contribution in [2.45, 2.75) is 38.5 Å². The van der Waals surface area contributed by atoms with Gasteiger partial charge in [0.15, 0.2) is 0 Å². The summed E-state index contributed by atoms with van der Waals surface area (Å²) in [4.78, 5) is 38.2. The van der Waals surface area contributed by atoms with E-state index in [1.165, 1.54) is 11.6 Å². The molecule has 0 radical (unpaired) electrons. The van der Waals surface area contributed by atoms with Gasteiger partial charge in [-0.3, -0.25) is 4.79 Å². The number of esters is 2. The van der Waals surface area contributed by atoms with Crippen molar-refractivity contribution >= 4 is 18.0 Å². The minimum atomic E-state index is -1.30. The zero-order valence-electron chi connectivity index (χ0n) is 25.1. The van der Waals surface area contributed by atoms with E-state index >= 15 is 0 Å². The van der Waals surface area contributed by atoms with Crippen LogP contribution in [0.15, 0.2) is 110 Å². The number of hydrogen-bond acceptors (Lipinski definition) is 7. The van der Waals surface area contributed by atoms with Crippen molar-refractivity contribution in [3.05, 3.63) is 138 Å². The fourth-order valence-corrected chi connectivity index (χ4v) is 5.14. The average Bonchev–Trinajstić information content (AvgIpc) is 3.38. The fourth-order valence-electron chi connectivity index (χ4n) is 5.14. The van der Waals surface area contributed by atoms with E-state index in [9.17, 15) is 14.4 Å². The van der Waals surface area contributed by atoms with Gasteiger partial charge in [-0.2, -0.15) is 0 Å². The van der Waals surface area contributed by atoms with E-state index in [2.05, 4.69) is 11.9 Å². The molecule has 230 valence electrons. The summed E-state index contributed by atoms with van der Waals surface area (Å²) in [7, 11) is 0. The molecule has 1 amide bonds. The largest absolute Gasteiger partial charge is 0.489 e. The van der Waals surface area contributed by atoms with Crippen LogP contribution in [0, 0.1) is 6.92 Å². The lowest BCUT2D eigenvalue weighted by Crippen LogP contribution is -2.44. The number of nitrogens with one attached hydrogen (secondary N) is 1. The van der Waals surface area contributed by atoms with Gasteiger partial charge in [-0.15, -0.1) is 0 Å². The van der Waals surface area contributed by atoms with Crippen LogP contribution >= 0.6 is 0 Å². The van der Waals surface area contributed by atoms with Crippen molar-refractivity contribution in [3.63, 3.8) is 0 Å². The zero-order valence-corrected chi connectivity index (χ0v) is 25.1. The molecule has 0 heterocycles. The second-order valence-corrected chi connectivity index (χ2v) is 10.7. The molecule has 45 heavy (non-hydrogen) atoms. The molecular formula is C37H35NO7. The maximum atomic E-state index is 12.8. The Hall–Kier alpha value is -5.37. The Balaban J connectivity index is 1.13. The first-order chi connectivity index (χ1) is 21.9. The molecule has 0 aliphatic heterocycles. The lowest BCUT2D eigenvalue weighted by molar-refractivity contribution is -0.152. The summed E-state index contributed by atoms with van der Waals surface area (Å²) in [6.45, 7) is 5.97. The lowest BCUT2D eigenvalue weighted by atomic mass is 9.98. The highest BCUT2D eigenvalue weighted by Gasteiger charge is 2.31. The number of aryl methyl sites for hydroxylation is 1. The number of carbonyl (C=O) groups excluding carboxylic acids is 3. The molecule has 4 aromatic carbocycles. The third-order valence-corrected chi connectivity index (χ3v) is 7.48. The number of alkyl carbamates (subject to hydrolysis) is 1. The molecule has 1 N–H and O–H groups in total. The monoisotopic (exact) mass is 605 g/mol. The molecule has 0 bridgehead atoms. The maximum Gasteiger partial charge on any atom is 0.407 e. The minimum Gasteiger partial charge on any atom is -0.489 e. The molecule has 0 unspecified atom stereocenters. The Bertz CT molecular complexity index is 1600. The molecule has 0 saturated heterocycles. The molecule has 8 nitrogen and oxygen atoms in total. The van der Waals surface area contributed by atoms with Crippen molar-refractivity contribution in [1.29, 1.82) is 0 Å². The van der Waals surface area contributed by atoms with Gasteiger partial charge in [0.1, 0.15) is 38.2 Å². The summed E-state index contributed by atoms with van der Waals surface area (Å²) in [5.41, 5.74) is 7.30. The number of rotatable bonds is 13. The molecule has 0 aromatic heterocycles. The van der Waals surface area contributed by atoms with Crippen LogP contribution in [0.5, 0.6) is 5.75 Å². The van der Waals surface area contributed by atoms with Crippen molar-refractivity contribution in [2.75, 3.05) is 13.2 Å². The normalized spacial score (nSPS) is 12.3. The molecule has 0 saturated carbocycles. The van der Waals surface area contributed by atoms with E-state index in [1.54, 1.807) is 24.3 Å². The van der Waals surface area contributed by atoms with Crippen LogP contribution in [0.3, 0.4) is 0 Å². The highest BCUT2D eigenvalue weighted by Crippen LogP contribution is 2.44. The quantitative estimate of drug-likeness (QED) is 0.104. The Kier molecular flexibility index (Phi) is 10.3. The Morgan fingerprint density at radius 2 is 1.38 bits per heavy atom. The highest BCUT2D eigenvalue weighted by molar-refractivity contribution is 5.86. The van der Waals surface area contributed by atoms with Crippen molar-refractivity contribution in [2.24, 2.45) is 0 Å². The van der Waals surface area contributed by atoms with E-state index in [-0.39, 0.29) is 25.7 Å². The Morgan fingerprint density at radius 3 is 2.02 bits per heavy atom. The van der Waals surface area contributed by atoms with Crippen molar-refractivity contribution < 1.29 is 33.3 Å². The van der Waals surface area contributed by atoms with Gasteiger partial charge >= 0.3 is 18.0 Å². The van der Waals surface area contributed by atoms with Crippen LogP contribution in [0.1, 0.15) is 40.2 Å². The minimum absolute atomic E-state index is 0.0174. The third-order valence-electron chi connectivity index (χ3n) is 7.48. The highest BCUT2D eigenvalue weighted by atomic mass is 16.6. The molecule has 1 aliphatic carbocycles. The maximum absolute atomic E-state index is 12.8. The van der Waals surface area contributed by atoms with Crippen LogP contribution in [-0.4, -0.2) is 37.3 Å². The van der Waals surface area contributed by atoms with E-state index in [0.29, 0.717) is 12.4 Å². The second kappa shape index (κ2) is 14.9. The van der Waals surface area contributed by atoms with Gasteiger partial charge in [0.2, 0.25) is 0 Å². The number of hydrogen-bond donors (Lipinski definition) is 1. The number of fused-ring (bicyclic) bond motifs is 3. The van der Waals surface area contributed by atoms with Crippen LogP contribution < -0.4 is 10.1 Å². The number of amides is 1. The van der Waals surface area contributed by atoms with Gasteiger partial charge in [-0.1, -0.05) is 103 Å². The second-order valence-electron chi connectivity index (χ2n) is 10.7. The SMILES string of the molecule is C=CCOC(=O)[C@H](CC(=O)OCc1ccc(OCc2ccc(C)cc2)cc1)NC(=O)OCC1c2ccccc2-c2ccccc21. The summed E-state index contributed by atoms with van der Waals surface area (Å²) in [5.74, 6) is -0.953. The summed E-state index contributed by atoms with van der Waals surface area (Å²) in [6, 6.07) is 29.9. The average molecular weight is 606 g/mol. The van der Waals surface area contributed by atoms with E-state index < -0.39 is 30.5 Å². The molecule has 0 fully saturated rings. The number of ether oxygens (including phenoxy) is 4. The summed E-state index contributed by atoms with van der Waals surface area (Å²) >= 11 is 0. The van der Waals surface area contributed by atoms with Gasteiger partial charge < -0.3 is 24.3 Å². The zero-order chi connectivity index (χ0) is 31.6. The fraction of sp³-hybridized carbons (Fsp3) is 0.216. The van der Waals surface area contributed by atoms with Gasteiger partial charge in [0.05, 0.1) is 6.42 Å². The number of benzene rings is 4. The molecule has 1 aliphatic rings. The standard InChI is InChI=1S/C37H35NO7/c1-3-20-42-36(40)34(38-37(41)45-24-33-31-10-6-4-8-29(31)30-9-5-7-11-32(30)33)21-35(39)44-23-27-16-18-28(19-17-27)43-22-26-14-12-25(2)13-15-26/h3-19,33-34H,1,20-24H2,2H3,(H,38,41)/t34-/m0/s1. The Labute approximate surface area is 262 Å². The summed E-state index contributed by atoms with van der Waals surface area (Å²) < 4.78 is 21.9. The van der Waals surface area contributed by atoms with E-state index in [1.807, 2.05) is 79.7 Å². The number of carbonyl (C=O) groups is 3. The topological polar surface area (TPSA) is 100 Å². The van der Waals surface area contributed by atoms with Crippen LogP contribution in [0.4, 0.5) is 4.79 Å². The first kappa shape index (κ1) is 31.1. The summed E-state index contributed by atoms with van der Waals surface area (Å²) in [6.07, 6.45) is 0.124. The first-order valence-electron chi connectivity index (χ1n) is 14.7. The van der Waals surface area contributed by atoms with E-state index in [4.69, 9.17) is 18.9 Å². The molecule has 8 heteroatoms. The van der Waals surface area contributed by atoms with Crippen molar-refractivity contribution in [3.8, 4) is 16.9 Å². The van der Waals surface area contributed by atoms with E-state index in [0.717, 1.165) is 33.4 Å². The van der Waals surface area contributed by atoms with Crippen LogP contribution in [0.25, 0.3) is 11.1 Å². The predicted octanol–water partition coefficient (Wildman–Crippen LogP) is 6.64. The summed E-state index contributed by atoms with van der Waals surface area (Å²) in [5, 5.41) is 2.48. The molecular weight excluding hydrogens is 570 g/mol. The van der Waals surface area contributed by atoms with Gasteiger partial charge in [-0.05, 0) is 52.4 Å². The van der Waals surface area contributed by atoms with Gasteiger partial charge in [-0.25, -0.2) is 9.59 Å². The lowest BCUT2D eigenvalue weighted by Gasteiger charge is -2.18. The Morgan fingerprint density at radius 1 is 0.778 bits per heavy atom. The van der Waals surface area contributed by atoms with Crippen LogP contribution in [0.2, 0.25) is 0 Å². The smallest absolute Gasteiger partial charge is 0.407 e. The van der Waals surface area contributed by atoms with Crippen LogP contribution in [-0.2, 0) is 37.0 Å².